The van der Waals surface area contributed by atoms with Crippen molar-refractivity contribution in [1.82, 2.24) is 5.32 Å². The number of ether oxygens (including phenoxy) is 3. The van der Waals surface area contributed by atoms with Gasteiger partial charge in [-0.3, -0.25) is 9.59 Å². The highest BCUT2D eigenvalue weighted by molar-refractivity contribution is 7.18. The third kappa shape index (κ3) is 6.39. The van der Waals surface area contributed by atoms with Gasteiger partial charge in [0.25, 0.3) is 5.91 Å². The second-order valence-electron chi connectivity index (χ2n) is 7.51. The number of carbonyl (C=O) groups excluding carboxylic acids is 3. The molecule has 1 heterocycles. The average Bonchev–Trinajstić information content (AvgIpc) is 3.27. The lowest BCUT2D eigenvalue weighted by Gasteiger charge is -2.09. The Bertz CT molecular complexity index is 1220. The fourth-order valence-corrected chi connectivity index (χ4v) is 4.39. The van der Waals surface area contributed by atoms with E-state index in [4.69, 9.17) is 14.2 Å². The zero-order valence-corrected chi connectivity index (χ0v) is 20.9. The van der Waals surface area contributed by atoms with Crippen molar-refractivity contribution in [2.75, 3.05) is 32.7 Å². The maximum Gasteiger partial charge on any atom is 0.350 e. The fourth-order valence-electron chi connectivity index (χ4n) is 3.39. The van der Waals surface area contributed by atoms with Crippen molar-refractivity contribution in [3.63, 3.8) is 0 Å². The van der Waals surface area contributed by atoms with Crippen LogP contribution in [0.25, 0.3) is 10.4 Å². The molecule has 0 bridgehead atoms. The first-order valence-corrected chi connectivity index (χ1v) is 11.9. The third-order valence-corrected chi connectivity index (χ3v) is 6.33. The minimum atomic E-state index is -0.521. The molecule has 0 saturated heterocycles. The number of anilines is 1. The van der Waals surface area contributed by atoms with Gasteiger partial charge in [0.2, 0.25) is 5.91 Å². The van der Waals surface area contributed by atoms with Crippen LogP contribution in [0.1, 0.15) is 38.9 Å². The maximum absolute atomic E-state index is 12.6. The largest absolute Gasteiger partial charge is 0.493 e. The molecule has 0 fully saturated rings. The van der Waals surface area contributed by atoms with E-state index in [0.29, 0.717) is 22.7 Å². The number of carbonyl (C=O) groups is 3. The van der Waals surface area contributed by atoms with Crippen molar-refractivity contribution in [1.29, 1.82) is 0 Å². The van der Waals surface area contributed by atoms with E-state index in [2.05, 4.69) is 10.6 Å². The Balaban J connectivity index is 1.73. The van der Waals surface area contributed by atoms with E-state index >= 15 is 0 Å². The van der Waals surface area contributed by atoms with Gasteiger partial charge in [0.05, 0.1) is 26.5 Å². The molecule has 0 saturated carbocycles. The zero-order valence-electron chi connectivity index (χ0n) is 20.1. The van der Waals surface area contributed by atoms with Gasteiger partial charge >= 0.3 is 5.97 Å². The Labute approximate surface area is 208 Å². The highest BCUT2D eigenvalue weighted by Gasteiger charge is 2.21. The van der Waals surface area contributed by atoms with Gasteiger partial charge in [-0.15, -0.1) is 11.3 Å². The van der Waals surface area contributed by atoms with Crippen LogP contribution in [-0.2, 0) is 9.53 Å². The van der Waals surface area contributed by atoms with E-state index in [-0.39, 0.29) is 36.3 Å². The quantitative estimate of drug-likeness (QED) is 0.395. The summed E-state index contributed by atoms with van der Waals surface area (Å²) < 4.78 is 15.8. The van der Waals surface area contributed by atoms with Crippen LogP contribution in [0, 0.1) is 6.92 Å². The third-order valence-electron chi connectivity index (χ3n) is 5.16. The molecule has 2 amide bonds. The van der Waals surface area contributed by atoms with E-state index in [1.54, 1.807) is 51.5 Å². The Morgan fingerprint density at radius 3 is 2.40 bits per heavy atom. The molecule has 1 aromatic heterocycles. The van der Waals surface area contributed by atoms with Gasteiger partial charge < -0.3 is 24.8 Å². The Hall–Kier alpha value is -3.85. The highest BCUT2D eigenvalue weighted by atomic mass is 32.1. The van der Waals surface area contributed by atoms with Gasteiger partial charge in [0, 0.05) is 23.4 Å². The second-order valence-corrected chi connectivity index (χ2v) is 8.56. The molecule has 3 rings (SSSR count). The van der Waals surface area contributed by atoms with Gasteiger partial charge in [-0.2, -0.15) is 0 Å². The normalized spacial score (nSPS) is 10.4. The van der Waals surface area contributed by atoms with Crippen LogP contribution < -0.4 is 20.1 Å². The van der Waals surface area contributed by atoms with Crippen LogP contribution in [0.15, 0.2) is 48.5 Å². The number of amides is 2. The van der Waals surface area contributed by atoms with Crippen LogP contribution in [0.3, 0.4) is 0 Å². The summed E-state index contributed by atoms with van der Waals surface area (Å²) in [7, 11) is 3.10. The lowest BCUT2D eigenvalue weighted by molar-refractivity contribution is -0.116. The Morgan fingerprint density at radius 1 is 0.971 bits per heavy atom. The molecule has 184 valence electrons. The predicted molar refractivity (Wildman–Crippen MR) is 136 cm³/mol. The maximum atomic E-state index is 12.6. The summed E-state index contributed by atoms with van der Waals surface area (Å²) in [5.41, 5.74) is 2.57. The number of methoxy groups -OCH3 is 2. The first kappa shape index (κ1) is 25.8. The van der Waals surface area contributed by atoms with Crippen LogP contribution in [0.2, 0.25) is 0 Å². The summed E-state index contributed by atoms with van der Waals surface area (Å²) >= 11 is 1.21. The summed E-state index contributed by atoms with van der Waals surface area (Å²) in [5, 5.41) is 5.53. The molecule has 0 spiro atoms. The minimum absolute atomic E-state index is 0.0431. The summed E-state index contributed by atoms with van der Waals surface area (Å²) in [6, 6.07) is 14.4. The first-order valence-electron chi connectivity index (χ1n) is 11.0. The molecule has 0 atom stereocenters. The Kier molecular flexibility index (Phi) is 8.86. The summed E-state index contributed by atoms with van der Waals surface area (Å²) in [5.74, 6) is 0.0322. The molecule has 9 heteroatoms. The van der Waals surface area contributed by atoms with E-state index in [1.807, 2.05) is 25.1 Å². The SMILES string of the molecule is CCOC(=O)c1sc(-c2ccc(OC)c(OC)c2)cc1NC(=O)CCNC(=O)c1ccccc1C. The Morgan fingerprint density at radius 2 is 1.71 bits per heavy atom. The number of nitrogens with one attached hydrogen (secondary N) is 2. The van der Waals surface area contributed by atoms with Gasteiger partial charge in [0.1, 0.15) is 4.88 Å². The number of esters is 1. The van der Waals surface area contributed by atoms with E-state index < -0.39 is 5.97 Å². The van der Waals surface area contributed by atoms with Crippen molar-refractivity contribution in [3.8, 4) is 21.9 Å². The topological polar surface area (TPSA) is 103 Å². The van der Waals surface area contributed by atoms with Crippen molar-refractivity contribution in [3.05, 3.63) is 64.5 Å². The minimum Gasteiger partial charge on any atom is -0.493 e. The van der Waals surface area contributed by atoms with Gasteiger partial charge in [-0.05, 0) is 55.3 Å². The van der Waals surface area contributed by atoms with Crippen LogP contribution >= 0.6 is 11.3 Å². The molecule has 0 aliphatic carbocycles. The van der Waals surface area contributed by atoms with Crippen LogP contribution in [-0.4, -0.2) is 45.2 Å². The number of hydrogen-bond donors (Lipinski definition) is 2. The van der Waals surface area contributed by atoms with E-state index in [1.165, 1.54) is 11.3 Å². The molecule has 8 nitrogen and oxygen atoms in total. The molecule has 2 aromatic carbocycles. The number of aryl methyl sites for hydroxylation is 1. The highest BCUT2D eigenvalue weighted by Crippen LogP contribution is 2.39. The van der Waals surface area contributed by atoms with Gasteiger partial charge in [-0.1, -0.05) is 18.2 Å². The smallest absolute Gasteiger partial charge is 0.350 e. The van der Waals surface area contributed by atoms with E-state index in [0.717, 1.165) is 16.0 Å². The monoisotopic (exact) mass is 496 g/mol. The van der Waals surface area contributed by atoms with Crippen molar-refractivity contribution in [2.45, 2.75) is 20.3 Å². The standard InChI is InChI=1S/C26H28N2O6S/c1-5-34-26(31)24-19(15-22(35-24)17-10-11-20(32-3)21(14-17)33-4)28-23(29)12-13-27-25(30)18-9-7-6-8-16(18)2/h6-11,14-15H,5,12-13H2,1-4H3,(H,27,30)(H,28,29). The fraction of sp³-hybridized carbons (Fsp3) is 0.269. The number of benzene rings is 2. The van der Waals surface area contributed by atoms with Crippen molar-refractivity contribution in [2.24, 2.45) is 0 Å². The molecular weight excluding hydrogens is 468 g/mol. The summed E-state index contributed by atoms with van der Waals surface area (Å²) in [6.45, 7) is 3.93. The summed E-state index contributed by atoms with van der Waals surface area (Å²) in [4.78, 5) is 38.5. The van der Waals surface area contributed by atoms with Crippen LogP contribution in [0.5, 0.6) is 11.5 Å². The van der Waals surface area contributed by atoms with Crippen molar-refractivity contribution >= 4 is 34.8 Å². The van der Waals surface area contributed by atoms with Gasteiger partial charge in [-0.25, -0.2) is 4.79 Å². The van der Waals surface area contributed by atoms with Crippen molar-refractivity contribution < 1.29 is 28.6 Å². The molecule has 0 radical (unpaired) electrons. The predicted octanol–water partition coefficient (Wildman–Crippen LogP) is 4.68. The molecular formula is C26H28N2O6S. The summed E-state index contributed by atoms with van der Waals surface area (Å²) in [6.07, 6.45) is 0.0431. The molecule has 35 heavy (non-hydrogen) atoms. The lowest BCUT2D eigenvalue weighted by atomic mass is 10.1. The lowest BCUT2D eigenvalue weighted by Crippen LogP contribution is -2.28. The molecule has 0 aliphatic heterocycles. The molecule has 3 aromatic rings. The van der Waals surface area contributed by atoms with Crippen LogP contribution in [0.4, 0.5) is 5.69 Å². The first-order chi connectivity index (χ1) is 16.9. The number of hydrogen-bond acceptors (Lipinski definition) is 7. The molecule has 0 aliphatic rings. The van der Waals surface area contributed by atoms with Gasteiger partial charge in [0.15, 0.2) is 11.5 Å². The van der Waals surface area contributed by atoms with E-state index in [9.17, 15) is 14.4 Å². The molecule has 2 N–H and O–H groups in total. The number of rotatable bonds is 10. The zero-order chi connectivity index (χ0) is 25.4. The number of thiophene rings is 1. The second kappa shape index (κ2) is 12.0. The molecule has 0 unspecified atom stereocenters. The average molecular weight is 497 g/mol.